The molecule has 20 heavy (non-hydrogen) atoms. The Morgan fingerprint density at radius 2 is 2.15 bits per heavy atom. The molecule has 1 aromatic heterocycles. The summed E-state index contributed by atoms with van der Waals surface area (Å²) in [5, 5.41) is 4.37. The van der Waals surface area contributed by atoms with Gasteiger partial charge in [-0.1, -0.05) is 25.1 Å². The second-order valence-electron chi connectivity index (χ2n) is 5.49. The molecular weight excluding hydrogens is 284 g/mol. The fraction of sp³-hybridized carbons (Fsp3) is 0.500. The maximum absolute atomic E-state index is 6.15. The lowest BCUT2D eigenvalue weighted by Crippen LogP contribution is -2.48. The third kappa shape index (κ3) is 2.50. The van der Waals surface area contributed by atoms with Crippen molar-refractivity contribution < 1.29 is 0 Å². The molecule has 3 unspecified atom stereocenters. The van der Waals surface area contributed by atoms with E-state index >= 15 is 0 Å². The molecule has 1 fully saturated rings. The highest BCUT2D eigenvalue weighted by Gasteiger charge is 2.31. The van der Waals surface area contributed by atoms with Crippen LogP contribution in [-0.2, 0) is 0 Å². The molecule has 2 aromatic rings. The first-order chi connectivity index (χ1) is 9.72. The van der Waals surface area contributed by atoms with Crippen LogP contribution in [0.15, 0.2) is 29.6 Å². The summed E-state index contributed by atoms with van der Waals surface area (Å²) in [5.41, 5.74) is 7.57. The Hall–Kier alpha value is -0.550. The lowest BCUT2D eigenvalue weighted by molar-refractivity contribution is 0.152. The molecule has 2 heterocycles. The Bertz CT molecular complexity index is 581. The second kappa shape index (κ2) is 6.06. The lowest BCUT2D eigenvalue weighted by Gasteiger charge is -2.42. The molecule has 1 aromatic carbocycles. The number of benzene rings is 1. The summed E-state index contributed by atoms with van der Waals surface area (Å²) in [4.78, 5) is 2.61. The monoisotopic (exact) mass is 306 g/mol. The van der Waals surface area contributed by atoms with Gasteiger partial charge in [-0.05, 0) is 29.3 Å². The fourth-order valence-electron chi connectivity index (χ4n) is 3.09. The van der Waals surface area contributed by atoms with Crippen molar-refractivity contribution in [3.8, 4) is 0 Å². The Balaban J connectivity index is 1.97. The van der Waals surface area contributed by atoms with Gasteiger partial charge in [-0.2, -0.15) is 11.8 Å². The van der Waals surface area contributed by atoms with E-state index < -0.39 is 0 Å². The molecular formula is C16H22N2S2. The van der Waals surface area contributed by atoms with Crippen molar-refractivity contribution in [2.75, 3.05) is 18.8 Å². The van der Waals surface area contributed by atoms with Gasteiger partial charge in [0.1, 0.15) is 0 Å². The van der Waals surface area contributed by atoms with Crippen LogP contribution in [-0.4, -0.2) is 35.0 Å². The number of thioether (sulfide) groups is 1. The molecule has 0 aliphatic carbocycles. The molecule has 3 atom stereocenters. The first-order valence-corrected chi connectivity index (χ1v) is 9.18. The van der Waals surface area contributed by atoms with E-state index in [2.05, 4.69) is 60.2 Å². The van der Waals surface area contributed by atoms with E-state index in [4.69, 9.17) is 5.73 Å². The van der Waals surface area contributed by atoms with Crippen LogP contribution in [0.4, 0.5) is 0 Å². The van der Waals surface area contributed by atoms with Crippen LogP contribution in [0.3, 0.4) is 0 Å². The summed E-state index contributed by atoms with van der Waals surface area (Å²) in [6.07, 6.45) is 0. The molecule has 0 saturated carbocycles. The van der Waals surface area contributed by atoms with Crippen LogP contribution in [0.2, 0.25) is 0 Å². The minimum absolute atomic E-state index is 0.351. The van der Waals surface area contributed by atoms with Crippen LogP contribution < -0.4 is 5.73 Å². The van der Waals surface area contributed by atoms with Crippen molar-refractivity contribution in [1.29, 1.82) is 0 Å². The van der Waals surface area contributed by atoms with Crippen LogP contribution in [0, 0.1) is 0 Å². The number of hydrogen-bond donors (Lipinski definition) is 1. The molecule has 0 bridgehead atoms. The molecule has 3 rings (SSSR count). The number of nitrogens with zero attached hydrogens (tertiary/aromatic N) is 1. The number of thiophene rings is 1. The molecule has 1 aliphatic rings. The Labute approximate surface area is 129 Å². The van der Waals surface area contributed by atoms with Gasteiger partial charge in [0.15, 0.2) is 0 Å². The van der Waals surface area contributed by atoms with Gasteiger partial charge < -0.3 is 5.73 Å². The summed E-state index contributed by atoms with van der Waals surface area (Å²) >= 11 is 3.92. The highest BCUT2D eigenvalue weighted by atomic mass is 32.2. The van der Waals surface area contributed by atoms with Gasteiger partial charge in [0.05, 0.1) is 0 Å². The Morgan fingerprint density at radius 3 is 2.95 bits per heavy atom. The largest absolute Gasteiger partial charge is 0.329 e. The molecule has 108 valence electrons. The number of fused-ring (bicyclic) bond motifs is 1. The average molecular weight is 307 g/mol. The predicted molar refractivity (Wildman–Crippen MR) is 91.7 cm³/mol. The van der Waals surface area contributed by atoms with E-state index in [1.54, 1.807) is 0 Å². The van der Waals surface area contributed by atoms with E-state index in [-0.39, 0.29) is 0 Å². The lowest BCUT2D eigenvalue weighted by atomic mass is 10.0. The van der Waals surface area contributed by atoms with Gasteiger partial charge in [-0.15, -0.1) is 11.3 Å². The molecule has 2 nitrogen and oxygen atoms in total. The summed E-state index contributed by atoms with van der Waals surface area (Å²) in [6.45, 7) is 6.51. The first kappa shape index (κ1) is 14.4. The highest BCUT2D eigenvalue weighted by molar-refractivity contribution is 8.00. The highest BCUT2D eigenvalue weighted by Crippen LogP contribution is 2.36. The van der Waals surface area contributed by atoms with Crippen LogP contribution in [0.25, 0.3) is 10.1 Å². The Kier molecular flexibility index (Phi) is 4.36. The van der Waals surface area contributed by atoms with Crippen LogP contribution >= 0.6 is 23.1 Å². The van der Waals surface area contributed by atoms with E-state index in [1.807, 2.05) is 11.3 Å². The number of nitrogens with two attached hydrogens (primary N) is 1. The molecule has 1 aliphatic heterocycles. The first-order valence-electron chi connectivity index (χ1n) is 7.26. The van der Waals surface area contributed by atoms with Gasteiger partial charge in [0, 0.05) is 40.9 Å². The standard InChI is InChI=1S/C16H22N2S2/c1-11-12(2)19-8-7-18(11)15(9-17)14-10-20-16-6-4-3-5-13(14)16/h3-6,10-12,15H,7-9,17H2,1-2H3. The SMILES string of the molecule is CC1SCCN(C(CN)c2csc3ccccc23)C1C. The maximum Gasteiger partial charge on any atom is 0.0488 e. The molecule has 1 saturated heterocycles. The van der Waals surface area contributed by atoms with Crippen molar-refractivity contribution in [1.82, 2.24) is 4.90 Å². The van der Waals surface area contributed by atoms with E-state index in [0.717, 1.165) is 6.54 Å². The normalized spacial score (nSPS) is 25.9. The summed E-state index contributed by atoms with van der Waals surface area (Å²) in [5.74, 6) is 1.21. The summed E-state index contributed by atoms with van der Waals surface area (Å²) in [6, 6.07) is 9.61. The molecule has 0 spiro atoms. The quantitative estimate of drug-likeness (QED) is 0.937. The third-order valence-corrected chi connectivity index (χ3v) is 6.75. The summed E-state index contributed by atoms with van der Waals surface area (Å²) in [7, 11) is 0. The van der Waals surface area contributed by atoms with Crippen molar-refractivity contribution in [2.24, 2.45) is 5.73 Å². The number of rotatable bonds is 3. The van der Waals surface area contributed by atoms with E-state index in [9.17, 15) is 0 Å². The Morgan fingerprint density at radius 1 is 1.35 bits per heavy atom. The second-order valence-corrected chi connectivity index (χ2v) is 7.89. The number of hydrogen-bond acceptors (Lipinski definition) is 4. The third-order valence-electron chi connectivity index (χ3n) is 4.43. The van der Waals surface area contributed by atoms with Gasteiger partial charge in [-0.25, -0.2) is 0 Å². The van der Waals surface area contributed by atoms with Gasteiger partial charge in [0.25, 0.3) is 0 Å². The minimum Gasteiger partial charge on any atom is -0.329 e. The zero-order valence-electron chi connectivity index (χ0n) is 12.1. The van der Waals surface area contributed by atoms with Crippen molar-refractivity contribution in [3.05, 3.63) is 35.2 Å². The smallest absolute Gasteiger partial charge is 0.0488 e. The predicted octanol–water partition coefficient (Wildman–Crippen LogP) is 3.73. The van der Waals surface area contributed by atoms with Crippen LogP contribution in [0.5, 0.6) is 0 Å². The molecule has 0 radical (unpaired) electrons. The zero-order chi connectivity index (χ0) is 14.1. The molecule has 0 amide bonds. The van der Waals surface area contributed by atoms with E-state index in [1.165, 1.54) is 21.4 Å². The van der Waals surface area contributed by atoms with Crippen molar-refractivity contribution in [2.45, 2.75) is 31.2 Å². The van der Waals surface area contributed by atoms with E-state index in [0.29, 0.717) is 23.9 Å². The molecule has 2 N–H and O–H groups in total. The van der Waals surface area contributed by atoms with Gasteiger partial charge >= 0.3 is 0 Å². The zero-order valence-corrected chi connectivity index (χ0v) is 13.7. The van der Waals surface area contributed by atoms with Crippen molar-refractivity contribution in [3.63, 3.8) is 0 Å². The molecule has 4 heteroatoms. The van der Waals surface area contributed by atoms with Crippen LogP contribution in [0.1, 0.15) is 25.5 Å². The summed E-state index contributed by atoms with van der Waals surface area (Å²) < 4.78 is 1.37. The topological polar surface area (TPSA) is 29.3 Å². The maximum atomic E-state index is 6.15. The minimum atomic E-state index is 0.351. The average Bonchev–Trinajstić information content (AvgIpc) is 2.88. The van der Waals surface area contributed by atoms with Crippen molar-refractivity contribution >= 4 is 33.2 Å². The van der Waals surface area contributed by atoms with Gasteiger partial charge in [0.2, 0.25) is 0 Å². The van der Waals surface area contributed by atoms with Gasteiger partial charge in [-0.3, -0.25) is 4.90 Å². The fourth-order valence-corrected chi connectivity index (χ4v) is 5.22.